The zero-order valence-electron chi connectivity index (χ0n) is 8.78. The van der Waals surface area contributed by atoms with Crippen LogP contribution in [0.1, 0.15) is 29.0 Å². The Hall–Kier alpha value is -1.49. The van der Waals surface area contributed by atoms with E-state index in [1.807, 2.05) is 0 Å². The molecular weight excluding hydrogens is 216 g/mol. The van der Waals surface area contributed by atoms with Gasteiger partial charge in [-0.15, -0.1) is 0 Å². The number of hydrogen-bond donors (Lipinski definition) is 2. The predicted octanol–water partition coefficient (Wildman–Crippen LogP) is 2.06. The van der Waals surface area contributed by atoms with Crippen LogP contribution >= 0.6 is 0 Å². The monoisotopic (exact) mass is 229 g/mol. The minimum atomic E-state index is -2.61. The second-order valence-corrected chi connectivity index (χ2v) is 3.54. The van der Waals surface area contributed by atoms with Crippen LogP contribution in [0.5, 0.6) is 0 Å². The van der Waals surface area contributed by atoms with Gasteiger partial charge in [0.1, 0.15) is 0 Å². The summed E-state index contributed by atoms with van der Waals surface area (Å²) in [6.07, 6.45) is -2.61. The van der Waals surface area contributed by atoms with E-state index >= 15 is 0 Å². The third kappa shape index (κ3) is 2.55. The minimum Gasteiger partial charge on any atom is -0.481 e. The molecule has 0 amide bonds. The molecule has 1 aromatic carbocycles. The Bertz CT molecular complexity index is 394. The van der Waals surface area contributed by atoms with E-state index in [0.717, 1.165) is 0 Å². The largest absolute Gasteiger partial charge is 0.481 e. The Balaban J connectivity index is 3.19. The molecule has 88 valence electrons. The molecule has 1 rings (SSSR count). The highest BCUT2D eigenvalue weighted by Crippen LogP contribution is 2.26. The summed E-state index contributed by atoms with van der Waals surface area (Å²) >= 11 is 0. The fourth-order valence-electron chi connectivity index (χ4n) is 1.53. The van der Waals surface area contributed by atoms with Crippen molar-refractivity contribution in [1.82, 2.24) is 0 Å². The second-order valence-electron chi connectivity index (χ2n) is 3.54. The van der Waals surface area contributed by atoms with E-state index in [1.165, 1.54) is 18.2 Å². The molecule has 0 bridgehead atoms. The molecule has 0 spiro atoms. The van der Waals surface area contributed by atoms with Crippen molar-refractivity contribution in [3.05, 3.63) is 34.9 Å². The van der Waals surface area contributed by atoms with Crippen molar-refractivity contribution in [2.75, 3.05) is 6.54 Å². The Labute approximate surface area is 91.9 Å². The Morgan fingerprint density at radius 3 is 2.56 bits per heavy atom. The lowest BCUT2D eigenvalue weighted by atomic mass is 9.93. The fourth-order valence-corrected chi connectivity index (χ4v) is 1.53. The molecule has 0 aliphatic heterocycles. The van der Waals surface area contributed by atoms with E-state index in [1.54, 1.807) is 6.92 Å². The van der Waals surface area contributed by atoms with Crippen LogP contribution in [-0.2, 0) is 4.79 Å². The van der Waals surface area contributed by atoms with Gasteiger partial charge < -0.3 is 10.8 Å². The number of rotatable bonds is 4. The lowest BCUT2D eigenvalue weighted by Crippen LogP contribution is -2.22. The number of halogens is 2. The summed E-state index contributed by atoms with van der Waals surface area (Å²) in [5, 5.41) is 8.91. The normalized spacial score (nSPS) is 12.8. The smallest absolute Gasteiger partial charge is 0.312 e. The molecule has 3 nitrogen and oxygen atoms in total. The fraction of sp³-hybridized carbons (Fsp3) is 0.364. The van der Waals surface area contributed by atoms with Crippen molar-refractivity contribution in [2.24, 2.45) is 5.73 Å². The molecule has 0 fully saturated rings. The van der Waals surface area contributed by atoms with Crippen LogP contribution in [0.4, 0.5) is 8.78 Å². The number of aliphatic carboxylic acids is 1. The number of aryl methyl sites for hydroxylation is 1. The van der Waals surface area contributed by atoms with Crippen molar-refractivity contribution in [3.8, 4) is 0 Å². The summed E-state index contributed by atoms with van der Waals surface area (Å²) in [6, 6.07) is 3.99. The number of benzene rings is 1. The third-order valence-corrected chi connectivity index (χ3v) is 2.46. The molecule has 0 radical (unpaired) electrons. The highest BCUT2D eigenvalue weighted by molar-refractivity contribution is 5.77. The third-order valence-electron chi connectivity index (χ3n) is 2.46. The van der Waals surface area contributed by atoms with Crippen molar-refractivity contribution >= 4 is 5.97 Å². The first-order valence-electron chi connectivity index (χ1n) is 4.78. The van der Waals surface area contributed by atoms with Gasteiger partial charge in [0.2, 0.25) is 0 Å². The van der Waals surface area contributed by atoms with Crippen molar-refractivity contribution in [3.63, 3.8) is 0 Å². The Kier molecular flexibility index (Phi) is 3.95. The number of carbonyl (C=O) groups is 1. The molecule has 0 aliphatic carbocycles. The van der Waals surface area contributed by atoms with Gasteiger partial charge in [0.05, 0.1) is 5.92 Å². The minimum absolute atomic E-state index is 0.108. The molecule has 3 N–H and O–H groups in total. The summed E-state index contributed by atoms with van der Waals surface area (Å²) in [7, 11) is 0. The van der Waals surface area contributed by atoms with Crippen LogP contribution in [0, 0.1) is 6.92 Å². The number of hydrogen-bond acceptors (Lipinski definition) is 2. The van der Waals surface area contributed by atoms with Crippen LogP contribution in [0.3, 0.4) is 0 Å². The van der Waals surface area contributed by atoms with Crippen molar-refractivity contribution in [2.45, 2.75) is 19.3 Å². The zero-order valence-corrected chi connectivity index (χ0v) is 8.78. The summed E-state index contributed by atoms with van der Waals surface area (Å²) in [5.74, 6) is -2.03. The van der Waals surface area contributed by atoms with Gasteiger partial charge in [-0.1, -0.05) is 12.1 Å². The summed E-state index contributed by atoms with van der Waals surface area (Å²) in [6.45, 7) is 1.57. The lowest BCUT2D eigenvalue weighted by Gasteiger charge is -2.14. The van der Waals surface area contributed by atoms with Gasteiger partial charge in [-0.3, -0.25) is 4.79 Å². The molecule has 1 atom stereocenters. The Morgan fingerprint density at radius 1 is 1.50 bits per heavy atom. The predicted molar refractivity (Wildman–Crippen MR) is 55.6 cm³/mol. The quantitative estimate of drug-likeness (QED) is 0.830. The average Bonchev–Trinajstić information content (AvgIpc) is 2.20. The lowest BCUT2D eigenvalue weighted by molar-refractivity contribution is -0.138. The molecule has 1 aromatic rings. The van der Waals surface area contributed by atoms with Crippen molar-refractivity contribution in [1.29, 1.82) is 0 Å². The first-order valence-corrected chi connectivity index (χ1v) is 4.78. The average molecular weight is 229 g/mol. The van der Waals surface area contributed by atoms with Gasteiger partial charge in [0.15, 0.2) is 0 Å². The maximum Gasteiger partial charge on any atom is 0.312 e. The number of alkyl halides is 2. The van der Waals surface area contributed by atoms with E-state index in [4.69, 9.17) is 10.8 Å². The van der Waals surface area contributed by atoms with E-state index in [9.17, 15) is 13.6 Å². The number of carboxylic acids is 1. The molecule has 16 heavy (non-hydrogen) atoms. The van der Waals surface area contributed by atoms with Gasteiger partial charge in [-0.2, -0.15) is 0 Å². The van der Waals surface area contributed by atoms with E-state index in [-0.39, 0.29) is 12.1 Å². The van der Waals surface area contributed by atoms with Gasteiger partial charge >= 0.3 is 5.97 Å². The van der Waals surface area contributed by atoms with Gasteiger partial charge in [0, 0.05) is 12.1 Å². The van der Waals surface area contributed by atoms with Crippen LogP contribution < -0.4 is 5.73 Å². The molecule has 0 aliphatic rings. The standard InChI is InChI=1S/C11H13F2NO2/c1-6-2-3-7(10(12)13)4-8(6)9(5-14)11(15)16/h2-4,9-10H,5,14H2,1H3,(H,15,16). The summed E-state index contributed by atoms with van der Waals surface area (Å²) in [4.78, 5) is 10.9. The van der Waals surface area contributed by atoms with E-state index in [2.05, 4.69) is 0 Å². The first-order chi connectivity index (χ1) is 7.47. The highest BCUT2D eigenvalue weighted by atomic mass is 19.3. The maximum absolute atomic E-state index is 12.5. The zero-order chi connectivity index (χ0) is 12.3. The highest BCUT2D eigenvalue weighted by Gasteiger charge is 2.21. The second kappa shape index (κ2) is 5.03. The molecular formula is C11H13F2NO2. The van der Waals surface area contributed by atoms with Crippen LogP contribution in [0.15, 0.2) is 18.2 Å². The molecule has 1 unspecified atom stereocenters. The molecule has 0 heterocycles. The summed E-state index contributed by atoms with van der Waals surface area (Å²) in [5.41, 5.74) is 6.16. The van der Waals surface area contributed by atoms with Gasteiger partial charge in [-0.05, 0) is 24.1 Å². The van der Waals surface area contributed by atoms with E-state index < -0.39 is 18.3 Å². The molecule has 0 saturated heterocycles. The van der Waals surface area contributed by atoms with Gasteiger partial charge in [0.25, 0.3) is 6.43 Å². The maximum atomic E-state index is 12.5. The number of nitrogens with two attached hydrogens (primary N) is 1. The SMILES string of the molecule is Cc1ccc(C(F)F)cc1C(CN)C(=O)O. The molecule has 0 aromatic heterocycles. The van der Waals surface area contributed by atoms with Crippen LogP contribution in [0.2, 0.25) is 0 Å². The molecule has 5 heteroatoms. The van der Waals surface area contributed by atoms with E-state index in [0.29, 0.717) is 11.1 Å². The van der Waals surface area contributed by atoms with Gasteiger partial charge in [-0.25, -0.2) is 8.78 Å². The number of carboxylic acid groups (broad SMARTS) is 1. The van der Waals surface area contributed by atoms with Crippen LogP contribution in [0.25, 0.3) is 0 Å². The van der Waals surface area contributed by atoms with Crippen LogP contribution in [-0.4, -0.2) is 17.6 Å². The molecule has 0 saturated carbocycles. The topological polar surface area (TPSA) is 63.3 Å². The first kappa shape index (κ1) is 12.6. The Morgan fingerprint density at radius 2 is 2.12 bits per heavy atom. The summed E-state index contributed by atoms with van der Waals surface area (Å²) < 4.78 is 24.9. The van der Waals surface area contributed by atoms with Crippen molar-refractivity contribution < 1.29 is 18.7 Å².